The van der Waals surface area contributed by atoms with Crippen molar-refractivity contribution in [2.24, 2.45) is 11.3 Å². The van der Waals surface area contributed by atoms with Crippen molar-refractivity contribution >= 4 is 35.1 Å². The summed E-state index contributed by atoms with van der Waals surface area (Å²) in [6.45, 7) is 8.63. The quantitative estimate of drug-likeness (QED) is 0.382. The molecule has 2 N–H and O–H groups in total. The summed E-state index contributed by atoms with van der Waals surface area (Å²) in [7, 11) is 0. The number of amides is 1. The van der Waals surface area contributed by atoms with Crippen LogP contribution >= 0.6 is 11.8 Å². The lowest BCUT2D eigenvalue weighted by molar-refractivity contribution is -0.170. The molecule has 220 valence electrons. The number of thioether (sulfide) groups is 1. The average molecular weight is 584 g/mol. The van der Waals surface area contributed by atoms with Crippen LogP contribution in [0.15, 0.2) is 41.3 Å². The van der Waals surface area contributed by atoms with Crippen LogP contribution in [0.25, 0.3) is 0 Å². The second kappa shape index (κ2) is 11.1. The number of benzene rings is 2. The Kier molecular flexibility index (Phi) is 7.97. The van der Waals surface area contributed by atoms with E-state index >= 15 is 0 Å². The number of hydrogen-bond acceptors (Lipinski definition) is 8. The van der Waals surface area contributed by atoms with Gasteiger partial charge in [-0.2, -0.15) is 0 Å². The first-order valence-electron chi connectivity index (χ1n) is 14.0. The fraction of sp³-hybridized carbons (Fsp3) is 0.516. The van der Waals surface area contributed by atoms with Gasteiger partial charge < -0.3 is 24.6 Å². The molecule has 41 heavy (non-hydrogen) atoms. The molecule has 1 unspecified atom stereocenters. The number of ketones is 1. The van der Waals surface area contributed by atoms with E-state index < -0.39 is 33.4 Å². The molecule has 0 spiro atoms. The third-order valence-electron chi connectivity index (χ3n) is 8.47. The first-order valence-corrected chi connectivity index (χ1v) is 15.2. The van der Waals surface area contributed by atoms with E-state index in [1.54, 1.807) is 11.8 Å². The van der Waals surface area contributed by atoms with Crippen molar-refractivity contribution in [3.8, 4) is 11.5 Å². The number of piperidine rings is 1. The van der Waals surface area contributed by atoms with Crippen molar-refractivity contribution in [1.29, 1.82) is 0 Å². The number of nitrogens with one attached hydrogen (secondary N) is 1. The van der Waals surface area contributed by atoms with E-state index in [4.69, 9.17) is 14.2 Å². The second-order valence-electron chi connectivity index (χ2n) is 12.3. The van der Waals surface area contributed by atoms with Gasteiger partial charge in [0.2, 0.25) is 5.54 Å². The first kappa shape index (κ1) is 29.6. The number of carbonyl (C=O) groups excluding carboxylic acids is 2. The Morgan fingerprint density at radius 1 is 1.15 bits per heavy atom. The van der Waals surface area contributed by atoms with Crippen LogP contribution in [-0.2, 0) is 19.1 Å². The molecule has 0 aliphatic carbocycles. The number of nitrogens with zero attached hydrogens (tertiary/aromatic N) is 1. The number of carboxylic acids is 1. The smallest absolute Gasteiger partial charge is 0.367 e. The van der Waals surface area contributed by atoms with Gasteiger partial charge in [0.15, 0.2) is 18.1 Å². The van der Waals surface area contributed by atoms with Gasteiger partial charge in [-0.05, 0) is 31.4 Å². The Hall–Kier alpha value is -2.92. The zero-order valence-electron chi connectivity index (χ0n) is 24.3. The standard InChI is InChI=1S/C31H38N2O7S/c1-19(34)23-16-32-12-11-31(23,29(36)37)33(18-30(2,3)4)24-10-9-20(41-5)15-22(24)27(40-17-26(33)35)21-7-6-8-25-28(21)39-14-13-38-25/h6-10,15,23,27,32H,11-14,16-18H2,1-5H3/p+1/t23-,27?,31+,33+/m1/s1. The van der Waals surface area contributed by atoms with Crippen molar-refractivity contribution in [3.63, 3.8) is 0 Å². The van der Waals surface area contributed by atoms with Crippen molar-refractivity contribution in [1.82, 2.24) is 9.80 Å². The van der Waals surface area contributed by atoms with Crippen LogP contribution in [0.2, 0.25) is 0 Å². The lowest BCUT2D eigenvalue weighted by Gasteiger charge is -2.54. The number of Topliss-reactive ketones (excluding diaryl/α,β-unsaturated/α-hetero) is 1. The van der Waals surface area contributed by atoms with Gasteiger partial charge in [-0.1, -0.05) is 32.9 Å². The molecule has 0 saturated carbocycles. The fourth-order valence-electron chi connectivity index (χ4n) is 6.95. The predicted octanol–water partition coefficient (Wildman–Crippen LogP) is 4.20. The topological polar surface area (TPSA) is 111 Å². The summed E-state index contributed by atoms with van der Waals surface area (Å²) < 4.78 is 17.9. The van der Waals surface area contributed by atoms with E-state index in [-0.39, 0.29) is 37.8 Å². The Morgan fingerprint density at radius 2 is 1.90 bits per heavy atom. The molecule has 1 fully saturated rings. The molecule has 0 radical (unpaired) electrons. The van der Waals surface area contributed by atoms with E-state index in [1.807, 2.05) is 63.4 Å². The highest BCUT2D eigenvalue weighted by Crippen LogP contribution is 2.52. The summed E-state index contributed by atoms with van der Waals surface area (Å²) in [4.78, 5) is 42.6. The number of quaternary nitrogens is 1. The number of aliphatic carboxylic acids is 1. The van der Waals surface area contributed by atoms with Gasteiger partial charge in [0.25, 0.3) is 0 Å². The zero-order valence-corrected chi connectivity index (χ0v) is 25.1. The third kappa shape index (κ3) is 4.84. The molecule has 1 saturated heterocycles. The lowest BCUT2D eigenvalue weighted by atomic mass is 9.70. The number of ether oxygens (including phenoxy) is 3. The van der Waals surface area contributed by atoms with Gasteiger partial charge in [0.05, 0.1) is 12.5 Å². The molecular weight excluding hydrogens is 544 g/mol. The monoisotopic (exact) mass is 583 g/mol. The van der Waals surface area contributed by atoms with Crippen LogP contribution in [0.3, 0.4) is 0 Å². The van der Waals surface area contributed by atoms with Crippen LogP contribution in [0, 0.1) is 11.3 Å². The Labute approximate surface area is 245 Å². The minimum Gasteiger partial charge on any atom is -0.486 e. The number of rotatable bonds is 6. The number of fused-ring (bicyclic) bond motifs is 2. The van der Waals surface area contributed by atoms with Gasteiger partial charge in [-0.25, -0.2) is 14.1 Å². The average Bonchev–Trinajstić information content (AvgIpc) is 3.06. The molecule has 4 atom stereocenters. The molecule has 9 nitrogen and oxygen atoms in total. The van der Waals surface area contributed by atoms with Crippen LogP contribution in [0.1, 0.15) is 51.3 Å². The van der Waals surface area contributed by atoms with Gasteiger partial charge >= 0.3 is 11.9 Å². The third-order valence-corrected chi connectivity index (χ3v) is 9.19. The SMILES string of the molecule is CSc1ccc2c(c1)C(c1cccc3c1OCCO3)OCC(=O)[N@@+]2(CC(C)(C)C)[C@@]1(C(=O)O)CCNC[C@@H]1C(C)=O. The summed E-state index contributed by atoms with van der Waals surface area (Å²) in [6, 6.07) is 11.4. The van der Waals surface area contributed by atoms with Crippen molar-refractivity contribution in [2.45, 2.75) is 50.7 Å². The Bertz CT molecular complexity index is 1370. The van der Waals surface area contributed by atoms with Crippen LogP contribution in [0.5, 0.6) is 11.5 Å². The van der Waals surface area contributed by atoms with Crippen molar-refractivity contribution in [3.05, 3.63) is 47.5 Å². The molecule has 0 aromatic heterocycles. The molecule has 0 bridgehead atoms. The van der Waals surface area contributed by atoms with Crippen molar-refractivity contribution < 1.29 is 33.7 Å². The van der Waals surface area contributed by atoms with E-state index in [2.05, 4.69) is 5.32 Å². The second-order valence-corrected chi connectivity index (χ2v) is 13.1. The van der Waals surface area contributed by atoms with Crippen molar-refractivity contribution in [2.75, 3.05) is 45.7 Å². The maximum absolute atomic E-state index is 14.8. The van der Waals surface area contributed by atoms with Crippen LogP contribution in [-0.4, -0.2) is 74.0 Å². The van der Waals surface area contributed by atoms with Gasteiger partial charge in [-0.15, -0.1) is 11.8 Å². The Balaban J connectivity index is 1.87. The molecule has 5 rings (SSSR count). The van der Waals surface area contributed by atoms with Gasteiger partial charge in [0, 0.05) is 47.0 Å². The summed E-state index contributed by atoms with van der Waals surface area (Å²) in [5, 5.41) is 14.4. The molecule has 2 aromatic carbocycles. The highest BCUT2D eigenvalue weighted by molar-refractivity contribution is 7.98. The largest absolute Gasteiger partial charge is 0.486 e. The molecule has 2 aromatic rings. The van der Waals surface area contributed by atoms with Gasteiger partial charge in [0.1, 0.15) is 30.8 Å². The van der Waals surface area contributed by atoms with Crippen LogP contribution < -0.4 is 19.3 Å². The van der Waals surface area contributed by atoms with E-state index in [0.717, 1.165) is 4.90 Å². The maximum atomic E-state index is 14.8. The predicted molar refractivity (Wildman–Crippen MR) is 157 cm³/mol. The molecule has 1 amide bonds. The van der Waals surface area contributed by atoms with Crippen LogP contribution in [0.4, 0.5) is 5.69 Å². The van der Waals surface area contributed by atoms with E-state index in [9.17, 15) is 19.5 Å². The molecule has 10 heteroatoms. The summed E-state index contributed by atoms with van der Waals surface area (Å²) in [6.07, 6.45) is 1.36. The maximum Gasteiger partial charge on any atom is 0.367 e. The summed E-state index contributed by atoms with van der Waals surface area (Å²) in [5.41, 5.74) is -0.262. The van der Waals surface area contributed by atoms with E-state index in [1.165, 1.54) is 6.92 Å². The molecule has 3 heterocycles. The van der Waals surface area contributed by atoms with Gasteiger partial charge in [-0.3, -0.25) is 4.79 Å². The number of para-hydroxylation sites is 1. The Morgan fingerprint density at radius 3 is 2.59 bits per heavy atom. The number of carbonyl (C=O) groups is 3. The van der Waals surface area contributed by atoms with E-state index in [0.29, 0.717) is 48.1 Å². The first-order chi connectivity index (χ1) is 19.5. The lowest BCUT2D eigenvalue weighted by Crippen LogP contribution is -2.80. The summed E-state index contributed by atoms with van der Waals surface area (Å²) in [5.74, 6) is -1.55. The minimum absolute atomic E-state index is 0.112. The molecule has 3 aliphatic heterocycles. The minimum atomic E-state index is -1.73. The highest BCUT2D eigenvalue weighted by Gasteiger charge is 2.70. The number of carboxylic acid groups (broad SMARTS) is 1. The normalized spacial score (nSPS) is 28.0. The highest BCUT2D eigenvalue weighted by atomic mass is 32.2. The molecular formula is C31H39N2O7S+. The number of hydrogen-bond donors (Lipinski definition) is 2. The summed E-state index contributed by atoms with van der Waals surface area (Å²) >= 11 is 1.55. The zero-order chi connectivity index (χ0) is 29.6. The fourth-order valence-corrected chi connectivity index (χ4v) is 7.40. The molecule has 3 aliphatic rings.